The standard InChI is InChI=1S/C11H13BrOS/c1-8-5-9(7-10(12)6-8)11(13)3-2-4-14/h5-7,14H,2-4H2,1H3. The van der Waals surface area contributed by atoms with Crippen LogP contribution in [0.15, 0.2) is 22.7 Å². The van der Waals surface area contributed by atoms with Gasteiger partial charge in [-0.15, -0.1) is 0 Å². The van der Waals surface area contributed by atoms with Gasteiger partial charge in [0.15, 0.2) is 5.78 Å². The van der Waals surface area contributed by atoms with Crippen LogP contribution in [-0.2, 0) is 0 Å². The third-order valence-corrected chi connectivity index (χ3v) is 2.70. The average molecular weight is 273 g/mol. The Labute approximate surface area is 98.4 Å². The fraction of sp³-hybridized carbons (Fsp3) is 0.364. The van der Waals surface area contributed by atoms with Crippen molar-refractivity contribution in [1.82, 2.24) is 0 Å². The first-order valence-electron chi connectivity index (χ1n) is 4.54. The zero-order chi connectivity index (χ0) is 10.6. The highest BCUT2D eigenvalue weighted by Crippen LogP contribution is 2.17. The number of aryl methyl sites for hydroxylation is 1. The molecule has 3 heteroatoms. The van der Waals surface area contributed by atoms with E-state index in [4.69, 9.17) is 0 Å². The lowest BCUT2D eigenvalue weighted by Crippen LogP contribution is -1.99. The molecular formula is C11H13BrOS. The van der Waals surface area contributed by atoms with Crippen LogP contribution in [0.5, 0.6) is 0 Å². The molecule has 1 nitrogen and oxygen atoms in total. The molecule has 0 atom stereocenters. The van der Waals surface area contributed by atoms with Crippen LogP contribution >= 0.6 is 28.6 Å². The van der Waals surface area contributed by atoms with Crippen molar-refractivity contribution in [2.45, 2.75) is 19.8 Å². The van der Waals surface area contributed by atoms with Gasteiger partial charge in [0, 0.05) is 16.5 Å². The Kier molecular flexibility index (Phi) is 4.69. The van der Waals surface area contributed by atoms with Crippen LogP contribution in [0.2, 0.25) is 0 Å². The summed E-state index contributed by atoms with van der Waals surface area (Å²) < 4.78 is 0.965. The van der Waals surface area contributed by atoms with Gasteiger partial charge in [0.25, 0.3) is 0 Å². The average Bonchev–Trinajstić information content (AvgIpc) is 2.12. The zero-order valence-corrected chi connectivity index (χ0v) is 10.6. The van der Waals surface area contributed by atoms with Gasteiger partial charge in [0.2, 0.25) is 0 Å². The molecule has 1 aromatic carbocycles. The molecule has 0 aliphatic carbocycles. The Hall–Kier alpha value is -0.280. The van der Waals surface area contributed by atoms with Crippen molar-refractivity contribution in [1.29, 1.82) is 0 Å². The number of halogens is 1. The molecule has 0 aliphatic rings. The molecule has 0 saturated carbocycles. The van der Waals surface area contributed by atoms with E-state index in [1.807, 2.05) is 25.1 Å². The minimum absolute atomic E-state index is 0.198. The van der Waals surface area contributed by atoms with Crippen LogP contribution in [0.4, 0.5) is 0 Å². The second-order valence-electron chi connectivity index (χ2n) is 3.27. The maximum atomic E-state index is 11.7. The van der Waals surface area contributed by atoms with Crippen LogP contribution < -0.4 is 0 Å². The molecule has 0 aliphatic heterocycles. The zero-order valence-electron chi connectivity index (χ0n) is 8.09. The van der Waals surface area contributed by atoms with E-state index in [9.17, 15) is 4.79 Å². The van der Waals surface area contributed by atoms with Crippen molar-refractivity contribution < 1.29 is 4.79 Å². The first kappa shape index (κ1) is 11.8. The Morgan fingerprint density at radius 3 is 2.71 bits per heavy atom. The molecule has 0 aromatic heterocycles. The summed E-state index contributed by atoms with van der Waals surface area (Å²) in [5.74, 6) is 0.960. The molecular weight excluding hydrogens is 260 g/mol. The Morgan fingerprint density at radius 2 is 2.14 bits per heavy atom. The van der Waals surface area contributed by atoms with E-state index in [-0.39, 0.29) is 5.78 Å². The minimum atomic E-state index is 0.198. The van der Waals surface area contributed by atoms with E-state index in [1.165, 1.54) is 0 Å². The molecule has 0 spiro atoms. The van der Waals surface area contributed by atoms with Crippen molar-refractivity contribution in [3.63, 3.8) is 0 Å². The fourth-order valence-corrected chi connectivity index (χ4v) is 2.05. The number of rotatable bonds is 4. The molecule has 0 amide bonds. The van der Waals surface area contributed by atoms with Gasteiger partial charge < -0.3 is 0 Å². The van der Waals surface area contributed by atoms with Crippen LogP contribution in [0.1, 0.15) is 28.8 Å². The highest BCUT2D eigenvalue weighted by atomic mass is 79.9. The number of ketones is 1. The largest absolute Gasteiger partial charge is 0.294 e. The summed E-state index contributed by atoms with van der Waals surface area (Å²) in [6.07, 6.45) is 1.42. The lowest BCUT2D eigenvalue weighted by molar-refractivity contribution is 0.0982. The number of thiol groups is 1. The van der Waals surface area contributed by atoms with Crippen molar-refractivity contribution >= 4 is 34.3 Å². The third kappa shape index (κ3) is 3.46. The second-order valence-corrected chi connectivity index (χ2v) is 4.63. The van der Waals surface area contributed by atoms with E-state index in [2.05, 4.69) is 28.6 Å². The summed E-state index contributed by atoms with van der Waals surface area (Å²) in [6, 6.07) is 5.79. The first-order valence-corrected chi connectivity index (χ1v) is 5.97. The molecule has 0 heterocycles. The molecule has 0 unspecified atom stereocenters. The molecule has 1 rings (SSSR count). The van der Waals surface area contributed by atoms with E-state index < -0.39 is 0 Å². The molecule has 0 bridgehead atoms. The maximum Gasteiger partial charge on any atom is 0.162 e. The minimum Gasteiger partial charge on any atom is -0.294 e. The number of benzene rings is 1. The Morgan fingerprint density at radius 1 is 1.43 bits per heavy atom. The van der Waals surface area contributed by atoms with Crippen LogP contribution in [-0.4, -0.2) is 11.5 Å². The third-order valence-electron chi connectivity index (χ3n) is 1.93. The fourth-order valence-electron chi connectivity index (χ4n) is 1.28. The molecule has 0 fully saturated rings. The highest BCUT2D eigenvalue weighted by Gasteiger charge is 2.06. The predicted molar refractivity (Wildman–Crippen MR) is 66.3 cm³/mol. The Balaban J connectivity index is 2.79. The van der Waals surface area contributed by atoms with E-state index >= 15 is 0 Å². The topological polar surface area (TPSA) is 17.1 Å². The Bertz CT molecular complexity index is 316. The summed E-state index contributed by atoms with van der Waals surface area (Å²) >= 11 is 7.47. The molecule has 0 N–H and O–H groups in total. The van der Waals surface area contributed by atoms with Gasteiger partial charge in [0.05, 0.1) is 0 Å². The summed E-state index contributed by atoms with van der Waals surface area (Å²) in [6.45, 7) is 1.99. The van der Waals surface area contributed by atoms with Crippen molar-refractivity contribution in [3.05, 3.63) is 33.8 Å². The molecule has 76 valence electrons. The molecule has 1 aromatic rings. The van der Waals surface area contributed by atoms with E-state index in [0.717, 1.165) is 27.8 Å². The second kappa shape index (κ2) is 5.56. The number of carbonyl (C=O) groups is 1. The number of Topliss-reactive ketones (excluding diaryl/α,β-unsaturated/α-hetero) is 1. The smallest absolute Gasteiger partial charge is 0.162 e. The van der Waals surface area contributed by atoms with Gasteiger partial charge in [-0.25, -0.2) is 0 Å². The SMILES string of the molecule is Cc1cc(Br)cc(C(=O)CCCS)c1. The van der Waals surface area contributed by atoms with Gasteiger partial charge in [-0.1, -0.05) is 15.9 Å². The van der Waals surface area contributed by atoms with Crippen molar-refractivity contribution in [3.8, 4) is 0 Å². The lowest BCUT2D eigenvalue weighted by Gasteiger charge is -2.02. The summed E-state index contributed by atoms with van der Waals surface area (Å²) in [5, 5.41) is 0. The normalized spacial score (nSPS) is 10.2. The van der Waals surface area contributed by atoms with Gasteiger partial charge in [0.1, 0.15) is 0 Å². The van der Waals surface area contributed by atoms with Crippen LogP contribution in [0.3, 0.4) is 0 Å². The van der Waals surface area contributed by atoms with Gasteiger partial charge in [-0.3, -0.25) is 4.79 Å². The monoisotopic (exact) mass is 272 g/mol. The molecule has 0 saturated heterocycles. The van der Waals surface area contributed by atoms with Gasteiger partial charge >= 0.3 is 0 Å². The summed E-state index contributed by atoms with van der Waals surface area (Å²) in [5.41, 5.74) is 1.90. The molecule has 0 radical (unpaired) electrons. The van der Waals surface area contributed by atoms with E-state index in [0.29, 0.717) is 6.42 Å². The van der Waals surface area contributed by atoms with Crippen molar-refractivity contribution in [2.75, 3.05) is 5.75 Å². The maximum absolute atomic E-state index is 11.7. The van der Waals surface area contributed by atoms with Gasteiger partial charge in [-0.05, 0) is 42.9 Å². The number of hydrogen-bond donors (Lipinski definition) is 1. The number of carbonyl (C=O) groups excluding carboxylic acids is 1. The van der Waals surface area contributed by atoms with Gasteiger partial charge in [-0.2, -0.15) is 12.6 Å². The molecule has 14 heavy (non-hydrogen) atoms. The summed E-state index contributed by atoms with van der Waals surface area (Å²) in [7, 11) is 0. The van der Waals surface area contributed by atoms with E-state index in [1.54, 1.807) is 0 Å². The van der Waals surface area contributed by atoms with Crippen molar-refractivity contribution in [2.24, 2.45) is 0 Å². The quantitative estimate of drug-likeness (QED) is 0.654. The summed E-state index contributed by atoms with van der Waals surface area (Å²) in [4.78, 5) is 11.7. The van der Waals surface area contributed by atoms with Crippen LogP contribution in [0, 0.1) is 6.92 Å². The first-order chi connectivity index (χ1) is 6.63. The van der Waals surface area contributed by atoms with Crippen LogP contribution in [0.25, 0.3) is 0 Å². The number of hydrogen-bond acceptors (Lipinski definition) is 2. The lowest BCUT2D eigenvalue weighted by atomic mass is 10.1. The highest BCUT2D eigenvalue weighted by molar-refractivity contribution is 9.10. The predicted octanol–water partition coefficient (Wildman–Crippen LogP) is 3.65.